The highest BCUT2D eigenvalue weighted by molar-refractivity contribution is 6.32. The van der Waals surface area contributed by atoms with Gasteiger partial charge < -0.3 is 14.7 Å². The number of hydrogen-bond acceptors (Lipinski definition) is 3. The number of benzene rings is 1. The molecule has 0 saturated heterocycles. The molecule has 116 valence electrons. The molecule has 1 N–H and O–H groups in total. The predicted molar refractivity (Wildman–Crippen MR) is 85.0 cm³/mol. The number of ether oxygens (including phenoxy) is 1. The number of hydrogen-bond donors (Lipinski definition) is 1. The first kappa shape index (κ1) is 15.1. The third-order valence-corrected chi connectivity index (χ3v) is 5.01. The predicted octanol–water partition coefficient (Wildman–Crippen LogP) is 3.92. The molecule has 1 aliphatic carbocycles. The molecule has 21 heavy (non-hydrogen) atoms. The van der Waals surface area contributed by atoms with E-state index in [0.717, 1.165) is 37.9 Å². The number of rotatable bonds is 2. The van der Waals surface area contributed by atoms with Crippen LogP contribution in [0.3, 0.4) is 0 Å². The molecule has 1 aromatic carbocycles. The van der Waals surface area contributed by atoms with Gasteiger partial charge in [0.25, 0.3) is 0 Å². The minimum absolute atomic E-state index is 0.0405. The van der Waals surface area contributed by atoms with E-state index in [9.17, 15) is 5.11 Å². The van der Waals surface area contributed by atoms with Crippen molar-refractivity contribution in [1.82, 2.24) is 4.90 Å². The van der Waals surface area contributed by atoms with Gasteiger partial charge in [-0.2, -0.15) is 0 Å². The quantitative estimate of drug-likeness (QED) is 0.898. The third kappa shape index (κ3) is 3.53. The van der Waals surface area contributed by atoms with Crippen LogP contribution in [0.2, 0.25) is 5.02 Å². The number of phenols is 1. The van der Waals surface area contributed by atoms with E-state index in [-0.39, 0.29) is 11.9 Å². The second-order valence-corrected chi connectivity index (χ2v) is 6.81. The van der Waals surface area contributed by atoms with Gasteiger partial charge in [0.15, 0.2) is 0 Å². The molecule has 0 radical (unpaired) electrons. The maximum absolute atomic E-state index is 9.96. The van der Waals surface area contributed by atoms with Crippen LogP contribution in [0.4, 0.5) is 0 Å². The molecule has 1 aliphatic heterocycles. The Bertz CT molecular complexity index is 500. The van der Waals surface area contributed by atoms with Crippen LogP contribution in [-0.4, -0.2) is 36.2 Å². The summed E-state index contributed by atoms with van der Waals surface area (Å²) in [5.41, 5.74) is 2.33. The lowest BCUT2D eigenvalue weighted by molar-refractivity contribution is -0.0414. The third-order valence-electron chi connectivity index (χ3n) is 4.70. The molecule has 0 bridgehead atoms. The number of nitrogens with zero attached hydrogens (tertiary/aromatic N) is 1. The molecule has 0 aromatic heterocycles. The number of likely N-dealkylation sites (N-methyl/N-ethyl adjacent to an activating group) is 1. The van der Waals surface area contributed by atoms with Crippen molar-refractivity contribution in [2.75, 3.05) is 20.1 Å². The van der Waals surface area contributed by atoms with Crippen molar-refractivity contribution in [2.24, 2.45) is 0 Å². The second-order valence-electron chi connectivity index (χ2n) is 6.40. The summed E-state index contributed by atoms with van der Waals surface area (Å²) in [6, 6.07) is 3.72. The molecule has 3 rings (SSSR count). The lowest BCUT2D eigenvalue weighted by Gasteiger charge is -2.29. The standard InChI is InChI=1S/C17H24ClNO2/c1-19-8-7-12-9-15(18)16(20)10-14(12)17(11-19)21-13-5-3-2-4-6-13/h9-10,13,17,20H,2-8,11H2,1H3. The van der Waals surface area contributed by atoms with Gasteiger partial charge in [-0.1, -0.05) is 30.9 Å². The van der Waals surface area contributed by atoms with E-state index in [1.165, 1.54) is 24.8 Å². The Balaban J connectivity index is 1.85. The first-order chi connectivity index (χ1) is 10.1. The molecule has 1 unspecified atom stereocenters. The van der Waals surface area contributed by atoms with Crippen LogP contribution >= 0.6 is 11.6 Å². The Hall–Kier alpha value is -0.770. The molecule has 1 fully saturated rings. The summed E-state index contributed by atoms with van der Waals surface area (Å²) in [4.78, 5) is 2.30. The van der Waals surface area contributed by atoms with E-state index >= 15 is 0 Å². The summed E-state index contributed by atoms with van der Waals surface area (Å²) in [5.74, 6) is 0.164. The van der Waals surface area contributed by atoms with Gasteiger partial charge in [-0.15, -0.1) is 0 Å². The summed E-state index contributed by atoms with van der Waals surface area (Å²) >= 11 is 6.07. The highest BCUT2D eigenvalue weighted by atomic mass is 35.5. The number of aromatic hydroxyl groups is 1. The van der Waals surface area contributed by atoms with E-state index in [2.05, 4.69) is 11.9 Å². The van der Waals surface area contributed by atoms with Gasteiger partial charge in [-0.25, -0.2) is 0 Å². The van der Waals surface area contributed by atoms with E-state index in [4.69, 9.17) is 16.3 Å². The number of phenolic OH excluding ortho intramolecular Hbond substituents is 1. The highest BCUT2D eigenvalue weighted by Gasteiger charge is 2.26. The smallest absolute Gasteiger partial charge is 0.134 e. The largest absolute Gasteiger partial charge is 0.506 e. The molecule has 1 saturated carbocycles. The first-order valence-electron chi connectivity index (χ1n) is 7.99. The zero-order chi connectivity index (χ0) is 14.8. The zero-order valence-electron chi connectivity index (χ0n) is 12.6. The fourth-order valence-electron chi connectivity index (χ4n) is 3.47. The van der Waals surface area contributed by atoms with Crippen molar-refractivity contribution in [3.05, 3.63) is 28.3 Å². The van der Waals surface area contributed by atoms with Crippen LogP contribution in [0.15, 0.2) is 12.1 Å². The lowest BCUT2D eigenvalue weighted by atomic mass is 9.96. The van der Waals surface area contributed by atoms with Crippen LogP contribution in [0, 0.1) is 0 Å². The minimum atomic E-state index is 0.0405. The molecule has 0 spiro atoms. The second kappa shape index (κ2) is 6.55. The Labute approximate surface area is 131 Å². The maximum Gasteiger partial charge on any atom is 0.134 e. The fourth-order valence-corrected chi connectivity index (χ4v) is 3.66. The summed E-state index contributed by atoms with van der Waals surface area (Å²) in [6.07, 6.45) is 7.55. The molecule has 1 atom stereocenters. The van der Waals surface area contributed by atoms with Gasteiger partial charge in [-0.3, -0.25) is 0 Å². The van der Waals surface area contributed by atoms with E-state index in [1.54, 1.807) is 0 Å². The van der Waals surface area contributed by atoms with E-state index < -0.39 is 0 Å². The van der Waals surface area contributed by atoms with Gasteiger partial charge in [0, 0.05) is 13.1 Å². The van der Waals surface area contributed by atoms with Crippen molar-refractivity contribution >= 4 is 11.6 Å². The number of fused-ring (bicyclic) bond motifs is 1. The van der Waals surface area contributed by atoms with E-state index in [1.807, 2.05) is 12.1 Å². The van der Waals surface area contributed by atoms with Crippen molar-refractivity contribution < 1.29 is 9.84 Å². The van der Waals surface area contributed by atoms with Crippen molar-refractivity contribution in [3.8, 4) is 5.75 Å². The van der Waals surface area contributed by atoms with Gasteiger partial charge >= 0.3 is 0 Å². The lowest BCUT2D eigenvalue weighted by Crippen LogP contribution is -2.28. The Morgan fingerprint density at radius 2 is 2.00 bits per heavy atom. The molecule has 0 amide bonds. The van der Waals surface area contributed by atoms with Gasteiger partial charge in [0.2, 0.25) is 0 Å². The van der Waals surface area contributed by atoms with Crippen LogP contribution < -0.4 is 0 Å². The van der Waals surface area contributed by atoms with E-state index in [0.29, 0.717) is 11.1 Å². The molecular weight excluding hydrogens is 286 g/mol. The van der Waals surface area contributed by atoms with Crippen molar-refractivity contribution in [2.45, 2.75) is 50.7 Å². The molecule has 2 aliphatic rings. The summed E-state index contributed by atoms with van der Waals surface area (Å²) in [6.45, 7) is 1.88. The fraction of sp³-hybridized carbons (Fsp3) is 0.647. The maximum atomic E-state index is 9.96. The molecule has 4 heteroatoms. The van der Waals surface area contributed by atoms with Crippen LogP contribution in [0.1, 0.15) is 49.3 Å². The van der Waals surface area contributed by atoms with Crippen LogP contribution in [0.5, 0.6) is 5.75 Å². The SMILES string of the molecule is CN1CCc2cc(Cl)c(O)cc2C(OC2CCCCC2)C1. The summed E-state index contributed by atoms with van der Waals surface area (Å²) < 4.78 is 6.41. The van der Waals surface area contributed by atoms with Gasteiger partial charge in [0.1, 0.15) is 5.75 Å². The first-order valence-corrected chi connectivity index (χ1v) is 8.36. The molecule has 1 heterocycles. The minimum Gasteiger partial charge on any atom is -0.506 e. The van der Waals surface area contributed by atoms with Gasteiger partial charge in [-0.05, 0) is 49.6 Å². The average molecular weight is 310 g/mol. The summed E-state index contributed by atoms with van der Waals surface area (Å²) in [5, 5.41) is 10.4. The Morgan fingerprint density at radius 3 is 2.76 bits per heavy atom. The summed E-state index contributed by atoms with van der Waals surface area (Å²) in [7, 11) is 2.13. The Morgan fingerprint density at radius 1 is 1.24 bits per heavy atom. The molecule has 3 nitrogen and oxygen atoms in total. The van der Waals surface area contributed by atoms with Crippen LogP contribution in [0.25, 0.3) is 0 Å². The highest BCUT2D eigenvalue weighted by Crippen LogP contribution is 2.36. The Kier molecular flexibility index (Phi) is 4.72. The average Bonchev–Trinajstić information content (AvgIpc) is 2.61. The zero-order valence-corrected chi connectivity index (χ0v) is 13.4. The van der Waals surface area contributed by atoms with Crippen molar-refractivity contribution in [1.29, 1.82) is 0 Å². The van der Waals surface area contributed by atoms with Gasteiger partial charge in [0.05, 0.1) is 17.2 Å². The monoisotopic (exact) mass is 309 g/mol. The van der Waals surface area contributed by atoms with Crippen molar-refractivity contribution in [3.63, 3.8) is 0 Å². The molecular formula is C17H24ClNO2. The molecule has 1 aromatic rings. The normalized spacial score (nSPS) is 24.6. The number of halogens is 1. The van der Waals surface area contributed by atoms with Crippen LogP contribution in [-0.2, 0) is 11.2 Å². The topological polar surface area (TPSA) is 32.7 Å².